The Labute approximate surface area is 78.2 Å². The Balaban J connectivity index is 2.13. The van der Waals surface area contributed by atoms with Gasteiger partial charge in [0.05, 0.1) is 20.3 Å². The molecule has 0 N–H and O–H groups in total. The second kappa shape index (κ2) is 5.19. The van der Waals surface area contributed by atoms with Crippen molar-refractivity contribution in [1.82, 2.24) is 0 Å². The monoisotopic (exact) mass is 188 g/mol. The first-order valence-corrected chi connectivity index (χ1v) is 4.51. The van der Waals surface area contributed by atoms with E-state index in [9.17, 15) is 4.79 Å². The van der Waals surface area contributed by atoms with Crippen LogP contribution in [0.4, 0.5) is 0 Å². The van der Waals surface area contributed by atoms with Crippen LogP contribution in [0.25, 0.3) is 0 Å². The highest BCUT2D eigenvalue weighted by Gasteiger charge is 2.19. The fraction of sp³-hybridized carbons (Fsp3) is 0.889. The van der Waals surface area contributed by atoms with Gasteiger partial charge in [0.15, 0.2) is 6.10 Å². The summed E-state index contributed by atoms with van der Waals surface area (Å²) in [5, 5.41) is 0. The molecule has 0 radical (unpaired) electrons. The van der Waals surface area contributed by atoms with E-state index in [1.807, 2.05) is 0 Å². The van der Waals surface area contributed by atoms with E-state index in [2.05, 4.69) is 4.74 Å². The number of hydrogen-bond donors (Lipinski definition) is 0. The Morgan fingerprint density at radius 3 is 3.00 bits per heavy atom. The van der Waals surface area contributed by atoms with Gasteiger partial charge in [-0.3, -0.25) is 0 Å². The quantitative estimate of drug-likeness (QED) is 0.606. The molecule has 76 valence electrons. The average Bonchev–Trinajstić information content (AvgIpc) is 2.65. The van der Waals surface area contributed by atoms with Crippen LogP contribution in [0.15, 0.2) is 0 Å². The predicted octanol–water partition coefficient (Wildman–Crippen LogP) is 0.601. The molecule has 1 aliphatic rings. The van der Waals surface area contributed by atoms with Crippen molar-refractivity contribution in [2.24, 2.45) is 5.92 Å². The number of methoxy groups -OCH3 is 1. The topological polar surface area (TPSA) is 44.8 Å². The zero-order valence-corrected chi connectivity index (χ0v) is 8.12. The summed E-state index contributed by atoms with van der Waals surface area (Å²) in [7, 11) is 1.36. The molecule has 1 aliphatic heterocycles. The van der Waals surface area contributed by atoms with E-state index in [-0.39, 0.29) is 5.97 Å². The molecule has 13 heavy (non-hydrogen) atoms. The number of carbonyl (C=O) groups excluding carboxylic acids is 1. The minimum absolute atomic E-state index is 0.320. The van der Waals surface area contributed by atoms with Crippen LogP contribution in [0.2, 0.25) is 0 Å². The van der Waals surface area contributed by atoms with Gasteiger partial charge in [-0.2, -0.15) is 0 Å². The molecule has 0 amide bonds. The Morgan fingerprint density at radius 1 is 1.69 bits per heavy atom. The summed E-state index contributed by atoms with van der Waals surface area (Å²) < 4.78 is 15.0. The van der Waals surface area contributed by atoms with Gasteiger partial charge in [0.2, 0.25) is 0 Å². The lowest BCUT2D eigenvalue weighted by Gasteiger charge is -2.13. The van der Waals surface area contributed by atoms with Crippen LogP contribution in [-0.4, -0.2) is 39.0 Å². The van der Waals surface area contributed by atoms with Crippen LogP contribution in [0.3, 0.4) is 0 Å². The summed E-state index contributed by atoms with van der Waals surface area (Å²) in [5.41, 5.74) is 0. The third kappa shape index (κ3) is 3.32. The molecule has 4 heteroatoms. The fourth-order valence-electron chi connectivity index (χ4n) is 1.23. The van der Waals surface area contributed by atoms with Gasteiger partial charge in [0.1, 0.15) is 0 Å². The molecule has 0 aromatic heterocycles. The molecule has 0 aliphatic carbocycles. The average molecular weight is 188 g/mol. The Hall–Kier alpha value is -0.610. The first kappa shape index (κ1) is 10.5. The van der Waals surface area contributed by atoms with Crippen molar-refractivity contribution in [2.45, 2.75) is 19.4 Å². The minimum atomic E-state index is -0.467. The van der Waals surface area contributed by atoms with Crippen molar-refractivity contribution in [1.29, 1.82) is 0 Å². The normalized spacial score (nSPS) is 24.3. The van der Waals surface area contributed by atoms with E-state index >= 15 is 0 Å². The molecule has 1 heterocycles. The first-order chi connectivity index (χ1) is 6.24. The number of ether oxygens (including phenoxy) is 3. The molecule has 1 rings (SSSR count). The van der Waals surface area contributed by atoms with Crippen LogP contribution in [0.1, 0.15) is 13.3 Å². The summed E-state index contributed by atoms with van der Waals surface area (Å²) >= 11 is 0. The molecule has 0 saturated carbocycles. The van der Waals surface area contributed by atoms with E-state index in [0.29, 0.717) is 12.5 Å². The maximum absolute atomic E-state index is 10.9. The Bertz CT molecular complexity index is 163. The van der Waals surface area contributed by atoms with Crippen LogP contribution in [0.5, 0.6) is 0 Å². The summed E-state index contributed by atoms with van der Waals surface area (Å²) in [4.78, 5) is 10.9. The molecule has 0 spiro atoms. The van der Waals surface area contributed by atoms with Crippen LogP contribution >= 0.6 is 0 Å². The predicted molar refractivity (Wildman–Crippen MR) is 46.4 cm³/mol. The van der Waals surface area contributed by atoms with Crippen molar-refractivity contribution in [2.75, 3.05) is 26.9 Å². The number of esters is 1. The van der Waals surface area contributed by atoms with E-state index < -0.39 is 6.10 Å². The largest absolute Gasteiger partial charge is 0.467 e. The van der Waals surface area contributed by atoms with E-state index in [1.54, 1.807) is 6.92 Å². The van der Waals surface area contributed by atoms with Crippen molar-refractivity contribution < 1.29 is 19.0 Å². The lowest BCUT2D eigenvalue weighted by molar-refractivity contribution is -0.153. The summed E-state index contributed by atoms with van der Waals surface area (Å²) in [6.07, 6.45) is 0.555. The first-order valence-electron chi connectivity index (χ1n) is 4.51. The van der Waals surface area contributed by atoms with Crippen LogP contribution in [0, 0.1) is 5.92 Å². The van der Waals surface area contributed by atoms with Gasteiger partial charge >= 0.3 is 5.97 Å². The molecule has 1 fully saturated rings. The molecule has 0 aromatic rings. The highest BCUT2D eigenvalue weighted by atomic mass is 16.6. The van der Waals surface area contributed by atoms with E-state index in [4.69, 9.17) is 9.47 Å². The second-order valence-electron chi connectivity index (χ2n) is 3.23. The zero-order valence-electron chi connectivity index (χ0n) is 8.12. The standard InChI is InChI=1S/C9H16O4/c1-7(9(10)11-2)13-6-8-3-4-12-5-8/h7-8H,3-6H2,1-2H3/t7-,8?/m0/s1. The van der Waals surface area contributed by atoms with Crippen LogP contribution < -0.4 is 0 Å². The zero-order chi connectivity index (χ0) is 9.68. The molecular weight excluding hydrogens is 172 g/mol. The second-order valence-corrected chi connectivity index (χ2v) is 3.23. The smallest absolute Gasteiger partial charge is 0.334 e. The maximum Gasteiger partial charge on any atom is 0.334 e. The molecule has 1 saturated heterocycles. The van der Waals surface area contributed by atoms with E-state index in [1.165, 1.54) is 7.11 Å². The number of carbonyl (C=O) groups is 1. The van der Waals surface area contributed by atoms with E-state index in [0.717, 1.165) is 19.6 Å². The SMILES string of the molecule is COC(=O)[C@H](C)OCC1CCOC1. The molecule has 1 unspecified atom stereocenters. The summed E-state index contributed by atoms with van der Waals surface area (Å²) in [6, 6.07) is 0. The summed E-state index contributed by atoms with van der Waals surface area (Å²) in [5.74, 6) is 0.117. The number of rotatable bonds is 4. The van der Waals surface area contributed by atoms with Gasteiger partial charge in [-0.05, 0) is 13.3 Å². The van der Waals surface area contributed by atoms with Gasteiger partial charge in [0, 0.05) is 12.5 Å². The Morgan fingerprint density at radius 2 is 2.46 bits per heavy atom. The van der Waals surface area contributed by atoms with Crippen LogP contribution in [-0.2, 0) is 19.0 Å². The number of hydrogen-bond acceptors (Lipinski definition) is 4. The third-order valence-corrected chi connectivity index (χ3v) is 2.14. The lowest BCUT2D eigenvalue weighted by Crippen LogP contribution is -2.25. The molecular formula is C9H16O4. The highest BCUT2D eigenvalue weighted by Crippen LogP contribution is 2.13. The maximum atomic E-state index is 10.9. The van der Waals surface area contributed by atoms with Crippen molar-refractivity contribution in [3.05, 3.63) is 0 Å². The van der Waals surface area contributed by atoms with Gasteiger partial charge < -0.3 is 14.2 Å². The molecule has 0 bridgehead atoms. The molecule has 2 atom stereocenters. The molecule has 4 nitrogen and oxygen atoms in total. The minimum Gasteiger partial charge on any atom is -0.467 e. The Kier molecular flexibility index (Phi) is 4.18. The fourth-order valence-corrected chi connectivity index (χ4v) is 1.23. The van der Waals surface area contributed by atoms with Gasteiger partial charge in [-0.15, -0.1) is 0 Å². The highest BCUT2D eigenvalue weighted by molar-refractivity contribution is 5.73. The van der Waals surface area contributed by atoms with Crippen molar-refractivity contribution in [3.63, 3.8) is 0 Å². The van der Waals surface area contributed by atoms with Crippen molar-refractivity contribution in [3.8, 4) is 0 Å². The van der Waals surface area contributed by atoms with Crippen molar-refractivity contribution >= 4 is 5.97 Å². The lowest BCUT2D eigenvalue weighted by atomic mass is 10.1. The third-order valence-electron chi connectivity index (χ3n) is 2.14. The van der Waals surface area contributed by atoms with Gasteiger partial charge in [-0.1, -0.05) is 0 Å². The molecule has 0 aromatic carbocycles. The van der Waals surface area contributed by atoms with Gasteiger partial charge in [-0.25, -0.2) is 4.79 Å². The van der Waals surface area contributed by atoms with Gasteiger partial charge in [0.25, 0.3) is 0 Å². The summed E-state index contributed by atoms with van der Waals surface area (Å²) in [6.45, 7) is 3.83.